The molecule has 13 nitrogen and oxygen atoms in total. The molecule has 44 heavy (non-hydrogen) atoms. The van der Waals surface area contributed by atoms with Crippen molar-refractivity contribution in [1.29, 1.82) is 0 Å². The number of carboxylic acids is 1. The highest BCUT2D eigenvalue weighted by molar-refractivity contribution is 5.94. The summed E-state index contributed by atoms with van der Waals surface area (Å²) in [6.45, 7) is 4.15. The first kappa shape index (κ1) is 33.6. The Balaban J connectivity index is 1.76. The number of benzene rings is 2. The van der Waals surface area contributed by atoms with E-state index in [-0.39, 0.29) is 31.1 Å². The normalized spacial score (nSPS) is 17.1. The van der Waals surface area contributed by atoms with Crippen LogP contribution in [0.4, 0.5) is 4.79 Å². The van der Waals surface area contributed by atoms with E-state index in [0.29, 0.717) is 24.8 Å². The van der Waals surface area contributed by atoms with Crippen molar-refractivity contribution in [2.24, 2.45) is 16.6 Å². The van der Waals surface area contributed by atoms with Crippen LogP contribution in [0.25, 0.3) is 0 Å². The molecule has 0 saturated heterocycles. The van der Waals surface area contributed by atoms with Gasteiger partial charge in [-0.1, -0.05) is 74.5 Å². The van der Waals surface area contributed by atoms with Crippen LogP contribution >= 0.6 is 0 Å². The Bertz CT molecular complexity index is 1310. The Morgan fingerprint density at radius 1 is 0.909 bits per heavy atom. The summed E-state index contributed by atoms with van der Waals surface area (Å²) < 4.78 is 0. The van der Waals surface area contributed by atoms with Crippen LogP contribution in [-0.4, -0.2) is 77.9 Å². The van der Waals surface area contributed by atoms with Crippen LogP contribution in [-0.2, 0) is 32.0 Å². The molecule has 236 valence electrons. The number of nitrogens with two attached hydrogens (primary N) is 1. The van der Waals surface area contributed by atoms with Gasteiger partial charge in [-0.2, -0.15) is 0 Å². The number of nitrogens with zero attached hydrogens (tertiary/aromatic N) is 1. The SMILES string of the molecule is CC(C)C[C@H](NC(=O)[C@@H](NC(=O)N[C@@H](Cc1ccccc1)C(=O)O)[C@@H]1CCNC(N)=N1)C(=O)NC(C=O)Cc1ccccc1. The van der Waals surface area contributed by atoms with Gasteiger partial charge in [0.2, 0.25) is 11.8 Å². The molecule has 4 amide bonds. The lowest BCUT2D eigenvalue weighted by Gasteiger charge is -2.30. The molecule has 1 heterocycles. The first-order valence-electron chi connectivity index (χ1n) is 14.6. The molecule has 8 N–H and O–H groups in total. The zero-order chi connectivity index (χ0) is 32.1. The summed E-state index contributed by atoms with van der Waals surface area (Å²) in [6.07, 6.45) is 1.53. The molecular formula is C31H41N7O6. The van der Waals surface area contributed by atoms with Crippen LogP contribution in [0.1, 0.15) is 37.8 Å². The lowest BCUT2D eigenvalue weighted by atomic mass is 9.99. The van der Waals surface area contributed by atoms with Gasteiger partial charge in [-0.15, -0.1) is 0 Å². The fourth-order valence-electron chi connectivity index (χ4n) is 4.85. The topological polar surface area (TPSA) is 204 Å². The highest BCUT2D eigenvalue weighted by Crippen LogP contribution is 2.12. The van der Waals surface area contributed by atoms with Gasteiger partial charge in [-0.3, -0.25) is 9.59 Å². The van der Waals surface area contributed by atoms with Gasteiger partial charge in [0, 0.05) is 13.0 Å². The van der Waals surface area contributed by atoms with E-state index in [4.69, 9.17) is 5.73 Å². The fourth-order valence-corrected chi connectivity index (χ4v) is 4.85. The first-order valence-corrected chi connectivity index (χ1v) is 14.6. The van der Waals surface area contributed by atoms with Gasteiger partial charge in [-0.25, -0.2) is 14.6 Å². The molecule has 1 unspecified atom stereocenters. The van der Waals surface area contributed by atoms with Crippen molar-refractivity contribution in [1.82, 2.24) is 26.6 Å². The van der Waals surface area contributed by atoms with Crippen LogP contribution in [0.15, 0.2) is 65.7 Å². The summed E-state index contributed by atoms with van der Waals surface area (Å²) >= 11 is 0. The smallest absolute Gasteiger partial charge is 0.326 e. The van der Waals surface area contributed by atoms with E-state index in [1.807, 2.05) is 44.2 Å². The highest BCUT2D eigenvalue weighted by atomic mass is 16.4. The summed E-state index contributed by atoms with van der Waals surface area (Å²) in [7, 11) is 0. The number of hydrogen-bond acceptors (Lipinski definition) is 8. The van der Waals surface area contributed by atoms with Crippen LogP contribution in [0.2, 0.25) is 0 Å². The van der Waals surface area contributed by atoms with Crippen molar-refractivity contribution >= 4 is 36.1 Å². The monoisotopic (exact) mass is 607 g/mol. The summed E-state index contributed by atoms with van der Waals surface area (Å²) in [6, 6.07) is 11.9. The lowest BCUT2D eigenvalue weighted by molar-refractivity contribution is -0.139. The third-order valence-electron chi connectivity index (χ3n) is 7.02. The molecule has 0 aliphatic carbocycles. The fraction of sp³-hybridized carbons (Fsp3) is 0.419. The highest BCUT2D eigenvalue weighted by Gasteiger charge is 2.35. The predicted octanol–water partition coefficient (Wildman–Crippen LogP) is 0.484. The van der Waals surface area contributed by atoms with E-state index in [1.165, 1.54) is 0 Å². The van der Waals surface area contributed by atoms with Gasteiger partial charge in [0.05, 0.1) is 12.1 Å². The maximum absolute atomic E-state index is 13.7. The second kappa shape index (κ2) is 16.6. The number of aliphatic carboxylic acids is 1. The molecule has 0 bridgehead atoms. The lowest BCUT2D eigenvalue weighted by Crippen LogP contribution is -2.61. The molecule has 2 aromatic rings. The third-order valence-corrected chi connectivity index (χ3v) is 7.02. The second-order valence-corrected chi connectivity index (χ2v) is 11.1. The van der Waals surface area contributed by atoms with Gasteiger partial charge in [-0.05, 0) is 36.3 Å². The zero-order valence-electron chi connectivity index (χ0n) is 24.9. The Labute approximate surface area is 256 Å². The Morgan fingerprint density at radius 2 is 1.52 bits per heavy atom. The number of aldehydes is 1. The predicted molar refractivity (Wildman–Crippen MR) is 165 cm³/mol. The number of amides is 4. The maximum Gasteiger partial charge on any atom is 0.326 e. The van der Waals surface area contributed by atoms with Gasteiger partial charge in [0.15, 0.2) is 5.96 Å². The maximum atomic E-state index is 13.7. The minimum absolute atomic E-state index is 0.00794. The van der Waals surface area contributed by atoms with Gasteiger partial charge >= 0.3 is 12.0 Å². The van der Waals surface area contributed by atoms with Gasteiger partial charge in [0.25, 0.3) is 0 Å². The summed E-state index contributed by atoms with van der Waals surface area (Å²) in [5, 5.41) is 23.0. The molecular weight excluding hydrogens is 566 g/mol. The van der Waals surface area contributed by atoms with Crippen molar-refractivity contribution in [3.8, 4) is 0 Å². The molecule has 1 aliphatic rings. The van der Waals surface area contributed by atoms with Crippen LogP contribution < -0.4 is 32.3 Å². The number of rotatable bonds is 15. The average Bonchev–Trinajstić information content (AvgIpc) is 2.99. The number of carbonyl (C=O) groups excluding carboxylic acids is 4. The van der Waals surface area contributed by atoms with E-state index >= 15 is 0 Å². The van der Waals surface area contributed by atoms with E-state index in [9.17, 15) is 29.1 Å². The minimum Gasteiger partial charge on any atom is -0.480 e. The number of carbonyl (C=O) groups is 5. The zero-order valence-corrected chi connectivity index (χ0v) is 24.9. The molecule has 2 aromatic carbocycles. The van der Waals surface area contributed by atoms with Crippen molar-refractivity contribution in [3.05, 3.63) is 71.8 Å². The Kier molecular flexibility index (Phi) is 12.7. The standard InChI is InChI=1S/C31H41N7O6/c1-19(2)15-24(27(40)34-22(18-39)16-20-9-5-3-6-10-20)35-28(41)26(23-13-14-33-30(32)36-23)38-31(44)37-25(29(42)43)17-21-11-7-4-8-12-21/h3-12,18-19,22-26H,13-17H2,1-2H3,(H,34,40)(H,35,41)(H,42,43)(H3,32,33,36)(H2,37,38,44)/t22?,23-,24-,25-,26-/m0/s1. The summed E-state index contributed by atoms with van der Waals surface area (Å²) in [4.78, 5) is 68.1. The van der Waals surface area contributed by atoms with E-state index in [0.717, 1.165) is 5.56 Å². The average molecular weight is 608 g/mol. The molecule has 0 saturated carbocycles. The van der Waals surface area contributed by atoms with E-state index in [1.54, 1.807) is 30.3 Å². The van der Waals surface area contributed by atoms with E-state index in [2.05, 4.69) is 31.6 Å². The number of guanidine groups is 1. The Morgan fingerprint density at radius 3 is 2.07 bits per heavy atom. The molecule has 0 radical (unpaired) electrons. The molecule has 0 fully saturated rings. The number of carboxylic acid groups (broad SMARTS) is 1. The molecule has 0 spiro atoms. The van der Waals surface area contributed by atoms with Crippen molar-refractivity contribution in [2.75, 3.05) is 6.54 Å². The number of nitrogens with one attached hydrogen (secondary N) is 5. The number of urea groups is 1. The largest absolute Gasteiger partial charge is 0.480 e. The minimum atomic E-state index is -1.28. The molecule has 1 aliphatic heterocycles. The molecule has 0 aromatic heterocycles. The summed E-state index contributed by atoms with van der Waals surface area (Å²) in [5.41, 5.74) is 7.41. The van der Waals surface area contributed by atoms with Gasteiger partial charge in [0.1, 0.15) is 24.4 Å². The molecule has 13 heteroatoms. The molecule has 5 atom stereocenters. The number of aliphatic imine (C=N–C) groups is 1. The third kappa shape index (κ3) is 10.7. The second-order valence-electron chi connectivity index (χ2n) is 11.1. The van der Waals surface area contributed by atoms with Crippen molar-refractivity contribution < 1.29 is 29.1 Å². The van der Waals surface area contributed by atoms with Gasteiger partial charge < -0.3 is 42.2 Å². The van der Waals surface area contributed by atoms with Crippen LogP contribution in [0.5, 0.6) is 0 Å². The van der Waals surface area contributed by atoms with Crippen molar-refractivity contribution in [2.45, 2.75) is 69.7 Å². The van der Waals surface area contributed by atoms with Crippen molar-refractivity contribution in [3.63, 3.8) is 0 Å². The van der Waals surface area contributed by atoms with Crippen LogP contribution in [0.3, 0.4) is 0 Å². The van der Waals surface area contributed by atoms with Crippen LogP contribution in [0, 0.1) is 5.92 Å². The summed E-state index contributed by atoms with van der Waals surface area (Å²) in [5.74, 6) is -2.43. The first-order chi connectivity index (χ1) is 21.0. The Hall–Kier alpha value is -4.94. The quantitative estimate of drug-likeness (QED) is 0.142. The molecule has 3 rings (SSSR count). The number of hydrogen-bond donors (Lipinski definition) is 7. The van der Waals surface area contributed by atoms with E-state index < -0.39 is 54.0 Å².